The molecule has 1 N–H and O–H groups in total. The molecule has 0 aliphatic heterocycles. The topological polar surface area (TPSA) is 64.0 Å². The van der Waals surface area contributed by atoms with Gasteiger partial charge in [0.2, 0.25) is 0 Å². The van der Waals surface area contributed by atoms with Crippen LogP contribution in [-0.2, 0) is 17.1 Å². The van der Waals surface area contributed by atoms with Crippen molar-refractivity contribution in [3.8, 4) is 0 Å². The largest absolute Gasteiger partial charge is 0.278 e. The Morgan fingerprint density at radius 3 is 2.58 bits per heavy atom. The summed E-state index contributed by atoms with van der Waals surface area (Å²) >= 11 is 1.49. The number of aryl methyl sites for hydroxylation is 1. The summed E-state index contributed by atoms with van der Waals surface area (Å²) in [6.45, 7) is 1.72. The lowest BCUT2D eigenvalue weighted by Crippen LogP contribution is -2.14. The maximum atomic E-state index is 12.3. The average Bonchev–Trinajstić information content (AvgIpc) is 2.71. The van der Waals surface area contributed by atoms with Crippen LogP contribution in [0.4, 0.5) is 5.69 Å². The minimum Gasteiger partial charge on any atom is -0.278 e. The molecule has 2 aromatic rings. The first-order chi connectivity index (χ1) is 8.95. The molecule has 0 fully saturated rings. The fraction of sp³-hybridized carbons (Fsp3) is 0.250. The molecule has 0 aliphatic rings. The van der Waals surface area contributed by atoms with Crippen LogP contribution in [0.3, 0.4) is 0 Å². The van der Waals surface area contributed by atoms with Gasteiger partial charge in [-0.05, 0) is 25.3 Å². The Kier molecular flexibility index (Phi) is 3.86. The highest BCUT2D eigenvalue weighted by molar-refractivity contribution is 7.99. The van der Waals surface area contributed by atoms with E-state index < -0.39 is 10.0 Å². The third-order valence-corrected chi connectivity index (χ3v) is 5.10. The standard InChI is InChI=1S/C12H15N3O2S2/c1-9-12(8-13-15(9)2)19(16,17)14-10-6-4-5-7-11(10)18-3/h4-8,14H,1-3H3. The molecule has 0 bridgehead atoms. The second-order valence-corrected chi connectivity index (χ2v) is 6.52. The van der Waals surface area contributed by atoms with E-state index in [1.54, 1.807) is 26.1 Å². The van der Waals surface area contributed by atoms with Gasteiger partial charge in [-0.15, -0.1) is 11.8 Å². The first kappa shape index (κ1) is 14.0. The number of para-hydroxylation sites is 1. The summed E-state index contributed by atoms with van der Waals surface area (Å²) in [4.78, 5) is 1.08. The van der Waals surface area contributed by atoms with Crippen molar-refractivity contribution >= 4 is 27.5 Å². The molecule has 5 nitrogen and oxygen atoms in total. The Morgan fingerprint density at radius 2 is 2.00 bits per heavy atom. The smallest absolute Gasteiger partial charge is 0.265 e. The lowest BCUT2D eigenvalue weighted by molar-refractivity contribution is 0.600. The molecule has 19 heavy (non-hydrogen) atoms. The Balaban J connectivity index is 2.39. The zero-order valence-electron chi connectivity index (χ0n) is 10.9. The van der Waals surface area contributed by atoms with E-state index in [1.165, 1.54) is 22.6 Å². The van der Waals surface area contributed by atoms with E-state index in [0.717, 1.165) is 4.90 Å². The summed E-state index contributed by atoms with van der Waals surface area (Å²) in [5, 5.41) is 3.96. The molecule has 0 radical (unpaired) electrons. The zero-order valence-corrected chi connectivity index (χ0v) is 12.5. The number of rotatable bonds is 4. The van der Waals surface area contributed by atoms with E-state index >= 15 is 0 Å². The quantitative estimate of drug-likeness (QED) is 0.879. The third kappa shape index (κ3) is 2.76. The minimum absolute atomic E-state index is 0.200. The molecule has 0 saturated heterocycles. The molecule has 1 aromatic carbocycles. The molecule has 0 aliphatic carbocycles. The highest BCUT2D eigenvalue weighted by Crippen LogP contribution is 2.27. The Hall–Kier alpha value is -1.47. The van der Waals surface area contributed by atoms with Gasteiger partial charge in [-0.1, -0.05) is 12.1 Å². The number of hydrogen-bond acceptors (Lipinski definition) is 4. The number of nitrogens with one attached hydrogen (secondary N) is 1. The van der Waals surface area contributed by atoms with Crippen LogP contribution in [0, 0.1) is 6.92 Å². The van der Waals surface area contributed by atoms with Crippen molar-refractivity contribution in [1.82, 2.24) is 9.78 Å². The molecule has 0 spiro atoms. The van der Waals surface area contributed by atoms with Crippen molar-refractivity contribution in [3.63, 3.8) is 0 Å². The summed E-state index contributed by atoms with van der Waals surface area (Å²) in [5.41, 5.74) is 1.19. The van der Waals surface area contributed by atoms with Crippen LogP contribution in [0.15, 0.2) is 40.3 Å². The summed E-state index contributed by atoms with van der Waals surface area (Å²) in [6.07, 6.45) is 3.27. The van der Waals surface area contributed by atoms with Crippen molar-refractivity contribution < 1.29 is 8.42 Å². The zero-order chi connectivity index (χ0) is 14.0. The molecule has 7 heteroatoms. The Bertz CT molecular complexity index is 693. The number of aromatic nitrogens is 2. The molecule has 102 valence electrons. The fourth-order valence-corrected chi connectivity index (χ4v) is 3.57. The van der Waals surface area contributed by atoms with Gasteiger partial charge in [-0.2, -0.15) is 5.10 Å². The van der Waals surface area contributed by atoms with Gasteiger partial charge in [0.1, 0.15) is 4.90 Å². The van der Waals surface area contributed by atoms with Gasteiger partial charge < -0.3 is 0 Å². The van der Waals surface area contributed by atoms with Gasteiger partial charge in [-0.3, -0.25) is 9.40 Å². The molecule has 0 amide bonds. The van der Waals surface area contributed by atoms with Crippen LogP contribution < -0.4 is 4.72 Å². The van der Waals surface area contributed by atoms with E-state index in [4.69, 9.17) is 0 Å². The van der Waals surface area contributed by atoms with Gasteiger partial charge in [0.05, 0.1) is 17.6 Å². The van der Waals surface area contributed by atoms with Gasteiger partial charge in [0.25, 0.3) is 10.0 Å². The average molecular weight is 297 g/mol. The van der Waals surface area contributed by atoms with Crippen LogP contribution in [-0.4, -0.2) is 24.5 Å². The monoisotopic (exact) mass is 297 g/mol. The maximum Gasteiger partial charge on any atom is 0.265 e. The SMILES string of the molecule is CSc1ccccc1NS(=O)(=O)c1cnn(C)c1C. The number of hydrogen-bond donors (Lipinski definition) is 1. The number of nitrogens with zero attached hydrogens (tertiary/aromatic N) is 2. The first-order valence-corrected chi connectivity index (χ1v) is 8.31. The molecule has 1 aromatic heterocycles. The van der Waals surface area contributed by atoms with Crippen molar-refractivity contribution in [3.05, 3.63) is 36.2 Å². The maximum absolute atomic E-state index is 12.3. The second-order valence-electron chi connectivity index (χ2n) is 4.02. The summed E-state index contributed by atoms with van der Waals surface area (Å²) < 4.78 is 28.8. The van der Waals surface area contributed by atoms with E-state index in [-0.39, 0.29) is 4.90 Å². The highest BCUT2D eigenvalue weighted by Gasteiger charge is 2.20. The van der Waals surface area contributed by atoms with Crippen molar-refractivity contribution in [2.24, 2.45) is 7.05 Å². The fourth-order valence-electron chi connectivity index (χ4n) is 1.67. The molecule has 0 unspecified atom stereocenters. The van der Waals surface area contributed by atoms with E-state index in [1.807, 2.05) is 18.4 Å². The molecule has 0 atom stereocenters. The van der Waals surface area contributed by atoms with Gasteiger partial charge in [0, 0.05) is 11.9 Å². The van der Waals surface area contributed by atoms with E-state index in [2.05, 4.69) is 9.82 Å². The van der Waals surface area contributed by atoms with Gasteiger partial charge >= 0.3 is 0 Å². The molecule has 0 saturated carbocycles. The number of anilines is 1. The summed E-state index contributed by atoms with van der Waals surface area (Å²) in [7, 11) is -1.89. The van der Waals surface area contributed by atoms with Crippen LogP contribution in [0.1, 0.15) is 5.69 Å². The van der Waals surface area contributed by atoms with E-state index in [0.29, 0.717) is 11.4 Å². The molecular formula is C12H15N3O2S2. The van der Waals surface area contributed by atoms with Gasteiger partial charge in [0.15, 0.2) is 0 Å². The van der Waals surface area contributed by atoms with Crippen LogP contribution in [0.2, 0.25) is 0 Å². The van der Waals surface area contributed by atoms with Crippen LogP contribution in [0.5, 0.6) is 0 Å². The Labute approximate surface area is 117 Å². The van der Waals surface area contributed by atoms with Crippen molar-refractivity contribution in [2.75, 3.05) is 11.0 Å². The van der Waals surface area contributed by atoms with Gasteiger partial charge in [-0.25, -0.2) is 8.42 Å². The molecule has 2 rings (SSSR count). The van der Waals surface area contributed by atoms with Crippen molar-refractivity contribution in [2.45, 2.75) is 16.7 Å². The lowest BCUT2D eigenvalue weighted by Gasteiger charge is -2.10. The van der Waals surface area contributed by atoms with E-state index in [9.17, 15) is 8.42 Å². The predicted octanol–water partition coefficient (Wildman–Crippen LogP) is 2.25. The normalized spacial score (nSPS) is 11.5. The molecule has 1 heterocycles. The number of sulfonamides is 1. The highest BCUT2D eigenvalue weighted by atomic mass is 32.2. The van der Waals surface area contributed by atoms with Crippen LogP contribution >= 0.6 is 11.8 Å². The summed E-state index contributed by atoms with van der Waals surface area (Å²) in [6, 6.07) is 7.29. The molecular weight excluding hydrogens is 282 g/mol. The predicted molar refractivity (Wildman–Crippen MR) is 77.0 cm³/mol. The third-order valence-electron chi connectivity index (χ3n) is 2.83. The number of thioether (sulfide) groups is 1. The number of benzene rings is 1. The minimum atomic E-state index is -3.60. The van der Waals surface area contributed by atoms with Crippen molar-refractivity contribution in [1.29, 1.82) is 0 Å². The second kappa shape index (κ2) is 5.26. The van der Waals surface area contributed by atoms with Crippen LogP contribution in [0.25, 0.3) is 0 Å². The summed E-state index contributed by atoms with van der Waals surface area (Å²) in [5.74, 6) is 0. The lowest BCUT2D eigenvalue weighted by atomic mass is 10.3. The Morgan fingerprint density at radius 1 is 1.32 bits per heavy atom. The first-order valence-electron chi connectivity index (χ1n) is 5.60.